The summed E-state index contributed by atoms with van der Waals surface area (Å²) in [4.78, 5) is 15.1. The van der Waals surface area contributed by atoms with Crippen molar-refractivity contribution >= 4 is 5.91 Å². The Labute approximate surface area is 74.3 Å². The zero-order valence-corrected chi connectivity index (χ0v) is 8.37. The van der Waals surface area contributed by atoms with Crippen LogP contribution in [-0.2, 0) is 4.79 Å². The Kier molecular flexibility index (Phi) is 2.73. The first-order chi connectivity index (χ1) is 5.52. The third kappa shape index (κ3) is 2.21. The van der Waals surface area contributed by atoms with Gasteiger partial charge in [0, 0.05) is 26.7 Å². The second kappa shape index (κ2) is 3.44. The molecule has 2 atom stereocenters. The quantitative estimate of drug-likeness (QED) is 0.573. The lowest BCUT2D eigenvalue weighted by Gasteiger charge is -2.11. The molecule has 1 aliphatic heterocycles. The van der Waals surface area contributed by atoms with Crippen LogP contribution in [0.1, 0.15) is 13.8 Å². The van der Waals surface area contributed by atoms with Gasteiger partial charge < -0.3 is 4.90 Å². The molecule has 70 valence electrons. The largest absolute Gasteiger partial charge is 0.348 e. The van der Waals surface area contributed by atoms with Gasteiger partial charge in [0.2, 0.25) is 5.91 Å². The highest BCUT2D eigenvalue weighted by Gasteiger charge is 2.37. The predicted molar refractivity (Wildman–Crippen MR) is 48.9 cm³/mol. The molecule has 2 unspecified atom stereocenters. The summed E-state index contributed by atoms with van der Waals surface area (Å²) in [5.41, 5.74) is 0. The van der Waals surface area contributed by atoms with Crippen LogP contribution in [0.3, 0.4) is 0 Å². The topological polar surface area (TPSA) is 23.3 Å². The molecule has 3 heteroatoms. The van der Waals surface area contributed by atoms with Gasteiger partial charge in [0.05, 0.1) is 6.54 Å². The van der Waals surface area contributed by atoms with Crippen molar-refractivity contribution in [3.8, 4) is 0 Å². The van der Waals surface area contributed by atoms with Crippen molar-refractivity contribution in [1.29, 1.82) is 0 Å². The van der Waals surface area contributed by atoms with Crippen molar-refractivity contribution in [2.45, 2.75) is 19.9 Å². The molecule has 0 N–H and O–H groups in total. The molecule has 1 aliphatic rings. The van der Waals surface area contributed by atoms with Gasteiger partial charge in [-0.2, -0.15) is 0 Å². The molecule has 1 amide bonds. The summed E-state index contributed by atoms with van der Waals surface area (Å²) in [6.45, 7) is 6.09. The van der Waals surface area contributed by atoms with E-state index >= 15 is 0 Å². The molecule has 0 saturated carbocycles. The van der Waals surface area contributed by atoms with E-state index in [9.17, 15) is 4.79 Å². The highest BCUT2D eigenvalue weighted by atomic mass is 16.2. The molecule has 0 aliphatic carbocycles. The van der Waals surface area contributed by atoms with Crippen molar-refractivity contribution in [2.75, 3.05) is 27.2 Å². The molecule has 1 fully saturated rings. The Balaban J connectivity index is 2.23. The highest BCUT2D eigenvalue weighted by molar-refractivity contribution is 5.78. The van der Waals surface area contributed by atoms with Gasteiger partial charge in [-0.15, -0.1) is 0 Å². The molecule has 0 bridgehead atoms. The number of rotatable bonds is 3. The van der Waals surface area contributed by atoms with Gasteiger partial charge in [-0.05, 0) is 5.92 Å². The molecular formula is C9H18N2O. The van der Waals surface area contributed by atoms with Crippen molar-refractivity contribution < 1.29 is 4.79 Å². The molecule has 0 aromatic heterocycles. The normalized spacial score (nSPS) is 27.4. The smallest absolute Gasteiger partial charge is 0.236 e. The Morgan fingerprint density at radius 3 is 2.50 bits per heavy atom. The van der Waals surface area contributed by atoms with Crippen molar-refractivity contribution in [3.63, 3.8) is 0 Å². The number of likely N-dealkylation sites (N-methyl/N-ethyl adjacent to an activating group) is 1. The van der Waals surface area contributed by atoms with Gasteiger partial charge in [0.1, 0.15) is 0 Å². The monoisotopic (exact) mass is 170 g/mol. The summed E-state index contributed by atoms with van der Waals surface area (Å²) < 4.78 is 0. The Bertz CT molecular complexity index is 177. The maximum absolute atomic E-state index is 11.2. The van der Waals surface area contributed by atoms with Gasteiger partial charge in [-0.1, -0.05) is 13.8 Å². The first-order valence-corrected chi connectivity index (χ1v) is 4.46. The minimum Gasteiger partial charge on any atom is -0.348 e. The van der Waals surface area contributed by atoms with Crippen LogP contribution < -0.4 is 0 Å². The van der Waals surface area contributed by atoms with E-state index in [1.165, 1.54) is 0 Å². The molecule has 3 nitrogen and oxygen atoms in total. The summed E-state index contributed by atoms with van der Waals surface area (Å²) in [7, 11) is 3.60. The van der Waals surface area contributed by atoms with E-state index in [1.807, 2.05) is 0 Å². The standard InChI is InChI=1S/C9H18N2O/c1-7(2)8-5-11(8)6-9(12)10(3)4/h7-8H,5-6H2,1-4H3. The fourth-order valence-corrected chi connectivity index (χ4v) is 1.32. The third-order valence-corrected chi connectivity index (χ3v) is 2.36. The number of carbonyl (C=O) groups is 1. The van der Waals surface area contributed by atoms with Crippen LogP contribution in [0.4, 0.5) is 0 Å². The molecule has 0 aromatic carbocycles. The molecule has 12 heavy (non-hydrogen) atoms. The summed E-state index contributed by atoms with van der Waals surface area (Å²) in [5.74, 6) is 0.887. The maximum atomic E-state index is 11.2. The number of amides is 1. The van der Waals surface area contributed by atoms with E-state index < -0.39 is 0 Å². The van der Waals surface area contributed by atoms with E-state index in [2.05, 4.69) is 18.7 Å². The Morgan fingerprint density at radius 2 is 2.17 bits per heavy atom. The van der Waals surface area contributed by atoms with Crippen LogP contribution in [-0.4, -0.2) is 48.9 Å². The Hall–Kier alpha value is -0.570. The SMILES string of the molecule is CC(C)C1CN1CC(=O)N(C)C. The second-order valence-electron chi connectivity index (χ2n) is 4.03. The zero-order chi connectivity index (χ0) is 9.30. The lowest BCUT2D eigenvalue weighted by molar-refractivity contribution is -0.128. The van der Waals surface area contributed by atoms with Gasteiger partial charge in [0.25, 0.3) is 0 Å². The minimum absolute atomic E-state index is 0.207. The lowest BCUT2D eigenvalue weighted by atomic mass is 10.1. The zero-order valence-electron chi connectivity index (χ0n) is 8.37. The second-order valence-corrected chi connectivity index (χ2v) is 4.03. The molecule has 1 heterocycles. The summed E-state index contributed by atoms with van der Waals surface area (Å²) in [5, 5.41) is 0. The molecule has 0 radical (unpaired) electrons. The first kappa shape index (κ1) is 9.52. The van der Waals surface area contributed by atoms with Gasteiger partial charge in [-0.25, -0.2) is 0 Å². The Morgan fingerprint density at radius 1 is 1.58 bits per heavy atom. The van der Waals surface area contributed by atoms with Crippen LogP contribution in [0.25, 0.3) is 0 Å². The van der Waals surface area contributed by atoms with Crippen molar-refractivity contribution in [1.82, 2.24) is 9.80 Å². The van der Waals surface area contributed by atoms with Crippen LogP contribution in [0, 0.1) is 5.92 Å². The van der Waals surface area contributed by atoms with Gasteiger partial charge in [-0.3, -0.25) is 9.69 Å². The van der Waals surface area contributed by atoms with Crippen molar-refractivity contribution in [2.24, 2.45) is 5.92 Å². The number of nitrogens with zero attached hydrogens (tertiary/aromatic N) is 2. The molecular weight excluding hydrogens is 152 g/mol. The van der Waals surface area contributed by atoms with E-state index in [0.717, 1.165) is 6.54 Å². The van der Waals surface area contributed by atoms with Gasteiger partial charge in [0.15, 0.2) is 0 Å². The molecule has 0 aromatic rings. The molecule has 1 saturated heterocycles. The van der Waals surface area contributed by atoms with E-state index in [1.54, 1.807) is 19.0 Å². The number of carbonyl (C=O) groups excluding carboxylic acids is 1. The lowest BCUT2D eigenvalue weighted by Crippen LogP contribution is -2.29. The van der Waals surface area contributed by atoms with Crippen molar-refractivity contribution in [3.05, 3.63) is 0 Å². The van der Waals surface area contributed by atoms with E-state index in [0.29, 0.717) is 18.5 Å². The highest BCUT2D eigenvalue weighted by Crippen LogP contribution is 2.24. The van der Waals surface area contributed by atoms with Crippen LogP contribution >= 0.6 is 0 Å². The fourth-order valence-electron chi connectivity index (χ4n) is 1.32. The summed E-state index contributed by atoms with van der Waals surface area (Å²) in [6, 6.07) is 0.647. The minimum atomic E-state index is 0.207. The number of hydrogen-bond acceptors (Lipinski definition) is 2. The average molecular weight is 170 g/mol. The van der Waals surface area contributed by atoms with Gasteiger partial charge >= 0.3 is 0 Å². The van der Waals surface area contributed by atoms with E-state index in [-0.39, 0.29) is 5.91 Å². The molecule has 1 rings (SSSR count). The fraction of sp³-hybridized carbons (Fsp3) is 0.889. The van der Waals surface area contributed by atoms with E-state index in [4.69, 9.17) is 0 Å². The molecule has 0 spiro atoms. The predicted octanol–water partition coefficient (Wildman–Crippen LogP) is 0.415. The number of hydrogen-bond donors (Lipinski definition) is 0. The summed E-state index contributed by atoms with van der Waals surface area (Å²) >= 11 is 0. The van der Waals surface area contributed by atoms with Crippen LogP contribution in [0.15, 0.2) is 0 Å². The third-order valence-electron chi connectivity index (χ3n) is 2.36. The maximum Gasteiger partial charge on any atom is 0.236 e. The average Bonchev–Trinajstić information content (AvgIpc) is 2.67. The van der Waals surface area contributed by atoms with Crippen LogP contribution in [0.2, 0.25) is 0 Å². The summed E-state index contributed by atoms with van der Waals surface area (Å²) in [6.07, 6.45) is 0. The van der Waals surface area contributed by atoms with Crippen LogP contribution in [0.5, 0.6) is 0 Å². The first-order valence-electron chi connectivity index (χ1n) is 4.46.